The van der Waals surface area contributed by atoms with E-state index in [9.17, 15) is 5.11 Å². The predicted molar refractivity (Wildman–Crippen MR) is 82.2 cm³/mol. The lowest BCUT2D eigenvalue weighted by molar-refractivity contribution is 0.373. The number of hydrogen-bond donors (Lipinski definition) is 1. The van der Waals surface area contributed by atoms with Crippen LogP contribution < -0.4 is 9.47 Å². The molecule has 0 saturated carbocycles. The van der Waals surface area contributed by atoms with E-state index in [1.807, 2.05) is 24.3 Å². The maximum atomic E-state index is 9.51. The van der Waals surface area contributed by atoms with Gasteiger partial charge in [0.15, 0.2) is 11.5 Å². The number of aromatic hydroxyl groups is 1. The number of benzene rings is 2. The van der Waals surface area contributed by atoms with Crippen LogP contribution in [0.15, 0.2) is 47.5 Å². The van der Waals surface area contributed by atoms with Crippen molar-refractivity contribution < 1.29 is 14.6 Å². The Kier molecular flexibility index (Phi) is 5.87. The summed E-state index contributed by atoms with van der Waals surface area (Å²) in [5, 5.41) is 9.51. The van der Waals surface area contributed by atoms with Crippen molar-refractivity contribution in [3.63, 3.8) is 0 Å². The zero-order chi connectivity index (χ0) is 13.7. The summed E-state index contributed by atoms with van der Waals surface area (Å²) in [5.41, 5.74) is 1.58. The second-order valence-corrected chi connectivity index (χ2v) is 3.86. The average Bonchev–Trinajstić information content (AvgIpc) is 2.46. The Morgan fingerprint density at radius 2 is 1.70 bits per heavy atom. The van der Waals surface area contributed by atoms with Crippen LogP contribution >= 0.6 is 12.4 Å². The van der Waals surface area contributed by atoms with Gasteiger partial charge < -0.3 is 14.6 Å². The van der Waals surface area contributed by atoms with Gasteiger partial charge in [-0.1, -0.05) is 12.1 Å². The largest absolute Gasteiger partial charge is 0.504 e. The normalized spacial score (nSPS) is 10.1. The minimum Gasteiger partial charge on any atom is -0.504 e. The van der Waals surface area contributed by atoms with Crippen molar-refractivity contribution in [3.05, 3.63) is 48.0 Å². The SMILES string of the molecule is COc1cc(C=Nc2ccccc2OC)ccc1O.Cl. The molecule has 2 aromatic carbocycles. The maximum absolute atomic E-state index is 9.51. The third-order valence-corrected chi connectivity index (χ3v) is 2.64. The molecule has 0 heterocycles. The third-order valence-electron chi connectivity index (χ3n) is 2.64. The predicted octanol–water partition coefficient (Wildman–Crippen LogP) is 3.58. The fourth-order valence-electron chi connectivity index (χ4n) is 1.66. The molecule has 0 aliphatic heterocycles. The van der Waals surface area contributed by atoms with Crippen molar-refractivity contribution in [2.24, 2.45) is 4.99 Å². The summed E-state index contributed by atoms with van der Waals surface area (Å²) < 4.78 is 10.3. The van der Waals surface area contributed by atoms with Gasteiger partial charge in [-0.25, -0.2) is 0 Å². The van der Waals surface area contributed by atoms with Crippen molar-refractivity contribution in [1.82, 2.24) is 0 Å². The van der Waals surface area contributed by atoms with Crippen molar-refractivity contribution in [2.45, 2.75) is 0 Å². The lowest BCUT2D eigenvalue weighted by Gasteiger charge is -2.04. The molecule has 2 aromatic rings. The van der Waals surface area contributed by atoms with Gasteiger partial charge in [-0.15, -0.1) is 12.4 Å². The van der Waals surface area contributed by atoms with E-state index in [2.05, 4.69) is 4.99 Å². The van der Waals surface area contributed by atoms with E-state index in [1.54, 1.807) is 31.5 Å². The first-order chi connectivity index (χ1) is 9.24. The minimum atomic E-state index is 0. The van der Waals surface area contributed by atoms with E-state index in [0.717, 1.165) is 11.3 Å². The molecule has 106 valence electrons. The van der Waals surface area contributed by atoms with Gasteiger partial charge in [-0.3, -0.25) is 4.99 Å². The first kappa shape index (κ1) is 15.9. The smallest absolute Gasteiger partial charge is 0.161 e. The van der Waals surface area contributed by atoms with Crippen LogP contribution in [0.2, 0.25) is 0 Å². The highest BCUT2D eigenvalue weighted by molar-refractivity contribution is 5.85. The molecule has 0 aliphatic rings. The Bertz CT molecular complexity index is 599. The molecule has 0 aromatic heterocycles. The second-order valence-electron chi connectivity index (χ2n) is 3.86. The summed E-state index contributed by atoms with van der Waals surface area (Å²) in [6.45, 7) is 0. The highest BCUT2D eigenvalue weighted by Gasteiger charge is 2.02. The molecule has 0 unspecified atom stereocenters. The van der Waals surface area contributed by atoms with E-state index >= 15 is 0 Å². The highest BCUT2D eigenvalue weighted by atomic mass is 35.5. The van der Waals surface area contributed by atoms with Gasteiger partial charge >= 0.3 is 0 Å². The number of nitrogens with zero attached hydrogens (tertiary/aromatic N) is 1. The van der Waals surface area contributed by atoms with E-state index < -0.39 is 0 Å². The number of phenols is 1. The first-order valence-electron chi connectivity index (χ1n) is 5.78. The number of hydrogen-bond acceptors (Lipinski definition) is 4. The number of ether oxygens (including phenoxy) is 2. The van der Waals surface area contributed by atoms with Gasteiger partial charge in [0.25, 0.3) is 0 Å². The fraction of sp³-hybridized carbons (Fsp3) is 0.133. The average molecular weight is 294 g/mol. The summed E-state index contributed by atoms with van der Waals surface area (Å²) in [6, 6.07) is 12.6. The summed E-state index contributed by atoms with van der Waals surface area (Å²) in [7, 11) is 3.12. The van der Waals surface area contributed by atoms with Crippen molar-refractivity contribution >= 4 is 24.3 Å². The van der Waals surface area contributed by atoms with Crippen LogP contribution in [0.4, 0.5) is 5.69 Å². The van der Waals surface area contributed by atoms with E-state index in [4.69, 9.17) is 9.47 Å². The molecule has 1 N–H and O–H groups in total. The molecule has 0 saturated heterocycles. The molecular formula is C15H16ClNO3. The molecule has 0 spiro atoms. The van der Waals surface area contributed by atoms with Crippen LogP contribution in [-0.2, 0) is 0 Å². The monoisotopic (exact) mass is 293 g/mol. The third kappa shape index (κ3) is 3.65. The molecule has 0 atom stereocenters. The zero-order valence-corrected chi connectivity index (χ0v) is 12.1. The lowest BCUT2D eigenvalue weighted by atomic mass is 10.2. The summed E-state index contributed by atoms with van der Waals surface area (Å²) in [5.74, 6) is 1.24. The van der Waals surface area contributed by atoms with Crippen LogP contribution in [0, 0.1) is 0 Å². The Morgan fingerprint density at radius 3 is 2.40 bits per heavy atom. The maximum Gasteiger partial charge on any atom is 0.161 e. The molecule has 5 heteroatoms. The lowest BCUT2D eigenvalue weighted by Crippen LogP contribution is -1.87. The fourth-order valence-corrected chi connectivity index (χ4v) is 1.66. The summed E-state index contributed by atoms with van der Waals surface area (Å²) in [4.78, 5) is 4.37. The van der Waals surface area contributed by atoms with E-state index in [0.29, 0.717) is 11.5 Å². The molecule has 20 heavy (non-hydrogen) atoms. The number of methoxy groups -OCH3 is 2. The summed E-state index contributed by atoms with van der Waals surface area (Å²) >= 11 is 0. The quantitative estimate of drug-likeness (QED) is 0.877. The molecule has 0 fully saturated rings. The van der Waals surface area contributed by atoms with E-state index in [-0.39, 0.29) is 18.2 Å². The molecular weight excluding hydrogens is 278 g/mol. The Labute approximate surface area is 124 Å². The molecule has 2 rings (SSSR count). The van der Waals surface area contributed by atoms with Gasteiger partial charge in [0, 0.05) is 6.21 Å². The van der Waals surface area contributed by atoms with Gasteiger partial charge in [-0.2, -0.15) is 0 Å². The topological polar surface area (TPSA) is 51.0 Å². The van der Waals surface area contributed by atoms with Crippen molar-refractivity contribution in [1.29, 1.82) is 0 Å². The standard InChI is InChI=1S/C15H15NO3.ClH/c1-18-14-6-4-3-5-12(14)16-10-11-7-8-13(17)15(9-11)19-2;/h3-10,17H,1-2H3;1H. The van der Waals surface area contributed by atoms with Crippen LogP contribution in [0.25, 0.3) is 0 Å². The molecule has 4 nitrogen and oxygen atoms in total. The van der Waals surface area contributed by atoms with Gasteiger partial charge in [0.1, 0.15) is 11.4 Å². The van der Waals surface area contributed by atoms with Crippen molar-refractivity contribution in [2.75, 3.05) is 14.2 Å². The van der Waals surface area contributed by atoms with Gasteiger partial charge in [0.05, 0.1) is 14.2 Å². The summed E-state index contributed by atoms with van der Waals surface area (Å²) in [6.07, 6.45) is 1.69. The molecule has 0 radical (unpaired) electrons. The number of para-hydroxylation sites is 2. The van der Waals surface area contributed by atoms with Crippen molar-refractivity contribution in [3.8, 4) is 17.2 Å². The number of rotatable bonds is 4. The number of phenolic OH excluding ortho intramolecular Hbond substituents is 1. The van der Waals surface area contributed by atoms with Gasteiger partial charge in [0.2, 0.25) is 0 Å². The Balaban J connectivity index is 0.00000200. The second kappa shape index (κ2) is 7.40. The molecule has 0 bridgehead atoms. The van der Waals surface area contributed by atoms with Gasteiger partial charge in [-0.05, 0) is 35.9 Å². The van der Waals surface area contributed by atoms with Crippen LogP contribution in [0.1, 0.15) is 5.56 Å². The molecule has 0 amide bonds. The Hall–Kier alpha value is -2.20. The number of halogens is 1. The van der Waals surface area contributed by atoms with Crippen LogP contribution in [-0.4, -0.2) is 25.5 Å². The minimum absolute atomic E-state index is 0. The highest BCUT2D eigenvalue weighted by Crippen LogP contribution is 2.28. The molecule has 0 aliphatic carbocycles. The first-order valence-corrected chi connectivity index (χ1v) is 5.78. The van der Waals surface area contributed by atoms with Crippen LogP contribution in [0.3, 0.4) is 0 Å². The zero-order valence-electron chi connectivity index (χ0n) is 11.2. The van der Waals surface area contributed by atoms with E-state index in [1.165, 1.54) is 7.11 Å². The number of aliphatic imine (C=N–C) groups is 1. The Morgan fingerprint density at radius 1 is 1.00 bits per heavy atom. The van der Waals surface area contributed by atoms with Crippen LogP contribution in [0.5, 0.6) is 17.2 Å².